The molecule has 1 aromatic heterocycles. The maximum atomic E-state index is 11.4. The first-order valence-corrected chi connectivity index (χ1v) is 8.16. The molecule has 0 amide bonds. The van der Waals surface area contributed by atoms with E-state index < -0.39 is 5.60 Å². The van der Waals surface area contributed by atoms with Crippen LogP contribution in [0.3, 0.4) is 0 Å². The first-order valence-electron chi connectivity index (χ1n) is 8.16. The molecule has 3 rings (SSSR count). The van der Waals surface area contributed by atoms with Gasteiger partial charge in [0, 0.05) is 25.8 Å². The van der Waals surface area contributed by atoms with Crippen LogP contribution in [0.5, 0.6) is 0 Å². The predicted octanol–water partition coefficient (Wildman–Crippen LogP) is 2.11. The lowest BCUT2D eigenvalue weighted by Crippen LogP contribution is -2.58. The minimum Gasteiger partial charge on any atom is -0.383 e. The Bertz CT molecular complexity index is 617. The Labute approximate surface area is 138 Å². The number of aliphatic hydroxyl groups is 1. The van der Waals surface area contributed by atoms with Crippen LogP contribution in [0.1, 0.15) is 17.7 Å². The molecule has 4 nitrogen and oxygen atoms in total. The molecular formula is C19H25N3O. The topological polar surface area (TPSA) is 39.6 Å². The zero-order chi connectivity index (χ0) is 16.3. The molecule has 1 N–H and O–H groups in total. The van der Waals surface area contributed by atoms with Crippen LogP contribution in [0, 0.1) is 0 Å². The molecule has 0 bridgehead atoms. The highest BCUT2D eigenvalue weighted by Gasteiger charge is 2.43. The Morgan fingerprint density at radius 3 is 2.57 bits per heavy atom. The maximum absolute atomic E-state index is 11.4. The van der Waals surface area contributed by atoms with Gasteiger partial charge in [0.2, 0.25) is 0 Å². The van der Waals surface area contributed by atoms with Crippen molar-refractivity contribution >= 4 is 0 Å². The minimum atomic E-state index is -0.800. The van der Waals surface area contributed by atoms with Crippen LogP contribution in [0.2, 0.25) is 0 Å². The largest absolute Gasteiger partial charge is 0.383 e. The van der Waals surface area contributed by atoms with Crippen molar-refractivity contribution < 1.29 is 5.11 Å². The molecule has 1 aliphatic heterocycles. The van der Waals surface area contributed by atoms with Gasteiger partial charge >= 0.3 is 0 Å². The van der Waals surface area contributed by atoms with Crippen molar-refractivity contribution in [2.24, 2.45) is 0 Å². The molecule has 0 aliphatic carbocycles. The number of aromatic nitrogens is 1. The normalized spacial score (nSPS) is 25.7. The van der Waals surface area contributed by atoms with Crippen LogP contribution in [0.25, 0.3) is 0 Å². The molecule has 122 valence electrons. The summed E-state index contributed by atoms with van der Waals surface area (Å²) in [6.07, 6.45) is 2.57. The number of likely N-dealkylation sites (N-methyl/N-ethyl adjacent to an activating group) is 1. The SMILES string of the molecule is CN(C)C1CN(Cc2ccccn2)CCC1(O)c1ccccc1. The van der Waals surface area contributed by atoms with Crippen LogP contribution >= 0.6 is 0 Å². The predicted molar refractivity (Wildman–Crippen MR) is 91.9 cm³/mol. The van der Waals surface area contributed by atoms with Gasteiger partial charge in [0.15, 0.2) is 0 Å². The van der Waals surface area contributed by atoms with Crippen LogP contribution in [0.15, 0.2) is 54.7 Å². The summed E-state index contributed by atoms with van der Waals surface area (Å²) in [4.78, 5) is 8.94. The zero-order valence-electron chi connectivity index (χ0n) is 13.9. The average Bonchev–Trinajstić information content (AvgIpc) is 2.58. The van der Waals surface area contributed by atoms with Crippen molar-refractivity contribution in [3.05, 3.63) is 66.0 Å². The monoisotopic (exact) mass is 311 g/mol. The first-order chi connectivity index (χ1) is 11.1. The van der Waals surface area contributed by atoms with Gasteiger partial charge in [-0.1, -0.05) is 36.4 Å². The van der Waals surface area contributed by atoms with Crippen molar-refractivity contribution in [1.29, 1.82) is 0 Å². The highest BCUT2D eigenvalue weighted by molar-refractivity contribution is 5.26. The Balaban J connectivity index is 1.79. The number of hydrogen-bond acceptors (Lipinski definition) is 4. The molecule has 1 saturated heterocycles. The maximum Gasteiger partial charge on any atom is 0.107 e. The summed E-state index contributed by atoms with van der Waals surface area (Å²) in [6, 6.07) is 16.1. The second-order valence-corrected chi connectivity index (χ2v) is 6.58. The molecule has 0 radical (unpaired) electrons. The fourth-order valence-corrected chi connectivity index (χ4v) is 3.50. The number of benzene rings is 1. The number of piperidine rings is 1. The average molecular weight is 311 g/mol. The molecule has 2 atom stereocenters. The van der Waals surface area contributed by atoms with E-state index in [1.807, 2.05) is 62.8 Å². The summed E-state index contributed by atoms with van der Waals surface area (Å²) in [6.45, 7) is 2.53. The summed E-state index contributed by atoms with van der Waals surface area (Å²) in [7, 11) is 4.09. The van der Waals surface area contributed by atoms with E-state index in [9.17, 15) is 5.11 Å². The molecule has 0 spiro atoms. The third-order valence-electron chi connectivity index (χ3n) is 4.80. The molecule has 1 aromatic carbocycles. The van der Waals surface area contributed by atoms with Crippen LogP contribution in [-0.2, 0) is 12.1 Å². The van der Waals surface area contributed by atoms with Crippen molar-refractivity contribution in [1.82, 2.24) is 14.8 Å². The molecule has 2 heterocycles. The van der Waals surface area contributed by atoms with E-state index in [0.29, 0.717) is 0 Å². The van der Waals surface area contributed by atoms with Gasteiger partial charge < -0.3 is 10.0 Å². The number of hydrogen-bond donors (Lipinski definition) is 1. The van der Waals surface area contributed by atoms with Gasteiger partial charge in [-0.25, -0.2) is 0 Å². The van der Waals surface area contributed by atoms with Gasteiger partial charge in [0.25, 0.3) is 0 Å². The molecule has 1 aliphatic rings. The van der Waals surface area contributed by atoms with Gasteiger partial charge in [-0.05, 0) is 38.2 Å². The molecule has 4 heteroatoms. The standard InChI is InChI=1S/C19H25N3O/c1-21(2)18-15-22(14-17-10-6-7-12-20-17)13-11-19(18,23)16-8-4-3-5-9-16/h3-10,12,18,23H,11,13-15H2,1-2H3. The summed E-state index contributed by atoms with van der Waals surface area (Å²) in [5.74, 6) is 0. The van der Waals surface area contributed by atoms with Gasteiger partial charge in [0.05, 0.1) is 11.7 Å². The van der Waals surface area contributed by atoms with E-state index in [0.717, 1.165) is 37.3 Å². The van der Waals surface area contributed by atoms with E-state index >= 15 is 0 Å². The summed E-state index contributed by atoms with van der Waals surface area (Å²) in [5.41, 5.74) is 1.29. The second-order valence-electron chi connectivity index (χ2n) is 6.58. The summed E-state index contributed by atoms with van der Waals surface area (Å²) in [5, 5.41) is 11.4. The van der Waals surface area contributed by atoms with E-state index in [-0.39, 0.29) is 6.04 Å². The quantitative estimate of drug-likeness (QED) is 0.939. The molecule has 23 heavy (non-hydrogen) atoms. The molecule has 0 saturated carbocycles. The van der Waals surface area contributed by atoms with Crippen LogP contribution in [0.4, 0.5) is 0 Å². The number of likely N-dealkylation sites (tertiary alicyclic amines) is 1. The van der Waals surface area contributed by atoms with E-state index in [4.69, 9.17) is 0 Å². The van der Waals surface area contributed by atoms with Crippen molar-refractivity contribution in [3.8, 4) is 0 Å². The Hall–Kier alpha value is -1.75. The van der Waals surface area contributed by atoms with Gasteiger partial charge in [-0.3, -0.25) is 9.88 Å². The molecule has 1 fully saturated rings. The molecule has 2 unspecified atom stereocenters. The highest BCUT2D eigenvalue weighted by atomic mass is 16.3. The number of nitrogens with zero attached hydrogens (tertiary/aromatic N) is 3. The third kappa shape index (κ3) is 3.44. The van der Waals surface area contributed by atoms with Crippen molar-refractivity contribution in [2.75, 3.05) is 27.2 Å². The fraction of sp³-hybridized carbons (Fsp3) is 0.421. The third-order valence-corrected chi connectivity index (χ3v) is 4.80. The lowest BCUT2D eigenvalue weighted by atomic mass is 9.80. The van der Waals surface area contributed by atoms with Crippen LogP contribution < -0.4 is 0 Å². The Morgan fingerprint density at radius 2 is 1.91 bits per heavy atom. The molecular weight excluding hydrogens is 286 g/mol. The van der Waals surface area contributed by atoms with Crippen molar-refractivity contribution in [3.63, 3.8) is 0 Å². The first kappa shape index (κ1) is 16.1. The van der Waals surface area contributed by atoms with Gasteiger partial charge in [0.1, 0.15) is 5.60 Å². The smallest absolute Gasteiger partial charge is 0.107 e. The van der Waals surface area contributed by atoms with Crippen molar-refractivity contribution in [2.45, 2.75) is 24.6 Å². The summed E-state index contributed by atoms with van der Waals surface area (Å²) >= 11 is 0. The summed E-state index contributed by atoms with van der Waals surface area (Å²) < 4.78 is 0. The Kier molecular flexibility index (Phi) is 4.76. The molecule has 2 aromatic rings. The fourth-order valence-electron chi connectivity index (χ4n) is 3.50. The van der Waals surface area contributed by atoms with E-state index in [2.05, 4.69) is 20.9 Å². The second kappa shape index (κ2) is 6.79. The number of rotatable bonds is 4. The highest BCUT2D eigenvalue weighted by Crippen LogP contribution is 2.35. The van der Waals surface area contributed by atoms with Gasteiger partial charge in [-0.15, -0.1) is 0 Å². The van der Waals surface area contributed by atoms with E-state index in [1.54, 1.807) is 0 Å². The lowest BCUT2D eigenvalue weighted by molar-refractivity contribution is -0.0894. The zero-order valence-corrected chi connectivity index (χ0v) is 13.9. The number of pyridine rings is 1. The van der Waals surface area contributed by atoms with Gasteiger partial charge in [-0.2, -0.15) is 0 Å². The lowest BCUT2D eigenvalue weighted by Gasteiger charge is -2.47. The Morgan fingerprint density at radius 1 is 1.17 bits per heavy atom. The van der Waals surface area contributed by atoms with E-state index in [1.165, 1.54) is 0 Å². The minimum absolute atomic E-state index is 0.0577. The van der Waals surface area contributed by atoms with Crippen LogP contribution in [-0.4, -0.2) is 53.1 Å².